The van der Waals surface area contributed by atoms with Crippen LogP contribution < -0.4 is 10.6 Å². The minimum atomic E-state index is -0.0441. The highest BCUT2D eigenvalue weighted by Crippen LogP contribution is 2.30. The number of anilines is 1. The number of nitrogens with zero attached hydrogens (tertiary/aromatic N) is 4. The maximum absolute atomic E-state index is 13.4. The van der Waals surface area contributed by atoms with Crippen molar-refractivity contribution in [3.63, 3.8) is 0 Å². The molecule has 170 valence electrons. The monoisotopic (exact) mass is 437 g/mol. The molecule has 0 spiro atoms. The number of rotatable bonds is 10. The van der Waals surface area contributed by atoms with E-state index in [0.717, 1.165) is 53.1 Å². The molecule has 1 aromatic heterocycles. The van der Waals surface area contributed by atoms with E-state index < -0.39 is 0 Å². The van der Waals surface area contributed by atoms with Crippen LogP contribution in [0.25, 0.3) is 11.0 Å². The number of urea groups is 1. The molecule has 8 nitrogen and oxygen atoms in total. The maximum Gasteiger partial charge on any atom is 0.325 e. The van der Waals surface area contributed by atoms with Gasteiger partial charge in [-0.2, -0.15) is 0 Å². The Morgan fingerprint density at radius 2 is 2.00 bits per heavy atom. The highest BCUT2D eigenvalue weighted by Gasteiger charge is 2.31. The zero-order valence-electron chi connectivity index (χ0n) is 18.5. The average molecular weight is 438 g/mol. The standard InChI is InChI=1S/C24H31N5O3/c1-32-13-11-27-16-19-6-2-3-7-21(19)29(24(27)31)17-23-26-20-14-18(15-25)8-9-22(20)28(23)10-4-5-12-30/h2-3,6-9,14,30H,4-5,10-13,15-17,25H2,1H3. The normalized spacial score (nSPS) is 13.8. The van der Waals surface area contributed by atoms with Crippen molar-refractivity contribution in [2.75, 3.05) is 31.8 Å². The number of fused-ring (bicyclic) bond motifs is 2. The van der Waals surface area contributed by atoms with E-state index in [0.29, 0.717) is 32.8 Å². The Hall–Kier alpha value is -2.94. The van der Waals surface area contributed by atoms with Crippen LogP contribution in [-0.4, -0.2) is 52.5 Å². The maximum atomic E-state index is 13.4. The minimum absolute atomic E-state index is 0.0441. The zero-order chi connectivity index (χ0) is 22.5. The van der Waals surface area contributed by atoms with Crippen molar-refractivity contribution < 1.29 is 14.6 Å². The third-order valence-electron chi connectivity index (χ3n) is 5.93. The lowest BCUT2D eigenvalue weighted by molar-refractivity contribution is 0.147. The van der Waals surface area contributed by atoms with Crippen LogP contribution >= 0.6 is 0 Å². The van der Waals surface area contributed by atoms with Gasteiger partial charge in [-0.25, -0.2) is 9.78 Å². The molecule has 0 aliphatic carbocycles. The summed E-state index contributed by atoms with van der Waals surface area (Å²) in [6.07, 6.45) is 1.55. The van der Waals surface area contributed by atoms with Gasteiger partial charge in [0.25, 0.3) is 0 Å². The lowest BCUT2D eigenvalue weighted by atomic mass is 10.1. The van der Waals surface area contributed by atoms with Gasteiger partial charge in [-0.1, -0.05) is 24.3 Å². The van der Waals surface area contributed by atoms with Gasteiger partial charge in [-0.15, -0.1) is 0 Å². The summed E-state index contributed by atoms with van der Waals surface area (Å²) in [7, 11) is 1.64. The molecular weight excluding hydrogens is 406 g/mol. The van der Waals surface area contributed by atoms with Crippen LogP contribution in [0.2, 0.25) is 0 Å². The van der Waals surface area contributed by atoms with Gasteiger partial charge < -0.3 is 25.0 Å². The Bertz CT molecular complexity index is 1080. The lowest BCUT2D eigenvalue weighted by Gasteiger charge is -2.37. The zero-order valence-corrected chi connectivity index (χ0v) is 18.5. The molecule has 0 atom stereocenters. The fourth-order valence-electron chi connectivity index (χ4n) is 4.23. The average Bonchev–Trinajstić information content (AvgIpc) is 3.16. The molecule has 0 unspecified atom stereocenters. The van der Waals surface area contributed by atoms with Crippen LogP contribution in [0.1, 0.15) is 29.8 Å². The smallest absolute Gasteiger partial charge is 0.325 e. The van der Waals surface area contributed by atoms with Crippen LogP contribution in [0, 0.1) is 0 Å². The van der Waals surface area contributed by atoms with E-state index in [1.165, 1.54) is 0 Å². The number of aryl methyl sites for hydroxylation is 1. The number of unbranched alkanes of at least 4 members (excludes halogenated alkanes) is 1. The molecule has 32 heavy (non-hydrogen) atoms. The Kier molecular flexibility index (Phi) is 7.04. The van der Waals surface area contributed by atoms with Crippen LogP contribution in [0.15, 0.2) is 42.5 Å². The molecule has 0 saturated heterocycles. The van der Waals surface area contributed by atoms with Crippen molar-refractivity contribution in [2.45, 2.75) is 39.0 Å². The number of hydrogen-bond acceptors (Lipinski definition) is 5. The molecule has 2 amide bonds. The molecule has 1 aliphatic heterocycles. The van der Waals surface area contributed by atoms with Gasteiger partial charge >= 0.3 is 6.03 Å². The van der Waals surface area contributed by atoms with E-state index in [1.807, 2.05) is 46.2 Å². The lowest BCUT2D eigenvalue weighted by Crippen LogP contribution is -2.48. The largest absolute Gasteiger partial charge is 0.396 e. The summed E-state index contributed by atoms with van der Waals surface area (Å²) in [5, 5.41) is 9.24. The van der Waals surface area contributed by atoms with Crippen molar-refractivity contribution in [2.24, 2.45) is 5.73 Å². The second-order valence-corrected chi connectivity index (χ2v) is 8.05. The first-order valence-corrected chi connectivity index (χ1v) is 11.1. The van der Waals surface area contributed by atoms with Gasteiger partial charge in [-0.3, -0.25) is 4.90 Å². The van der Waals surface area contributed by atoms with Gasteiger partial charge in [0.2, 0.25) is 0 Å². The van der Waals surface area contributed by atoms with Gasteiger partial charge in [-0.05, 0) is 42.2 Å². The fourth-order valence-corrected chi connectivity index (χ4v) is 4.23. The van der Waals surface area contributed by atoms with Crippen LogP contribution in [0.5, 0.6) is 0 Å². The number of aliphatic hydroxyl groups is 1. The van der Waals surface area contributed by atoms with E-state index in [2.05, 4.69) is 10.6 Å². The number of carbonyl (C=O) groups is 1. The van der Waals surface area contributed by atoms with Crippen molar-refractivity contribution in [1.82, 2.24) is 14.5 Å². The Balaban J connectivity index is 1.71. The third-order valence-corrected chi connectivity index (χ3v) is 5.93. The molecule has 0 bridgehead atoms. The Labute approximate surface area is 188 Å². The van der Waals surface area contributed by atoms with Crippen molar-refractivity contribution >= 4 is 22.8 Å². The van der Waals surface area contributed by atoms with Crippen LogP contribution in [0.3, 0.4) is 0 Å². The highest BCUT2D eigenvalue weighted by atomic mass is 16.5. The summed E-state index contributed by atoms with van der Waals surface area (Å²) in [5.74, 6) is 0.823. The number of aromatic nitrogens is 2. The molecule has 3 N–H and O–H groups in total. The predicted octanol–water partition coefficient (Wildman–Crippen LogP) is 2.86. The number of ether oxygens (including phenoxy) is 1. The Morgan fingerprint density at radius 3 is 2.78 bits per heavy atom. The van der Waals surface area contributed by atoms with Crippen LogP contribution in [-0.2, 0) is 30.9 Å². The molecule has 3 aromatic rings. The first-order valence-electron chi connectivity index (χ1n) is 11.1. The van der Waals surface area contributed by atoms with Crippen molar-refractivity contribution in [1.29, 1.82) is 0 Å². The van der Waals surface area contributed by atoms with E-state index in [-0.39, 0.29) is 12.6 Å². The minimum Gasteiger partial charge on any atom is -0.396 e. The highest BCUT2D eigenvalue weighted by molar-refractivity contribution is 5.94. The van der Waals surface area contributed by atoms with Gasteiger partial charge in [0.15, 0.2) is 0 Å². The van der Waals surface area contributed by atoms with E-state index in [9.17, 15) is 9.90 Å². The molecule has 2 heterocycles. The molecule has 0 saturated carbocycles. The summed E-state index contributed by atoms with van der Waals surface area (Å²) < 4.78 is 7.37. The predicted molar refractivity (Wildman–Crippen MR) is 124 cm³/mol. The summed E-state index contributed by atoms with van der Waals surface area (Å²) in [6, 6.07) is 14.0. The number of methoxy groups -OCH3 is 1. The summed E-state index contributed by atoms with van der Waals surface area (Å²) in [4.78, 5) is 21.9. The summed E-state index contributed by atoms with van der Waals surface area (Å²) in [5.41, 5.74) is 10.8. The second-order valence-electron chi connectivity index (χ2n) is 8.05. The number of aliphatic hydroxyl groups excluding tert-OH is 1. The van der Waals surface area contributed by atoms with Gasteiger partial charge in [0, 0.05) is 39.9 Å². The number of imidazole rings is 1. The molecule has 4 rings (SSSR count). The summed E-state index contributed by atoms with van der Waals surface area (Å²) in [6.45, 7) is 3.30. The second kappa shape index (κ2) is 10.1. The molecule has 0 radical (unpaired) electrons. The Morgan fingerprint density at radius 1 is 1.16 bits per heavy atom. The molecule has 0 fully saturated rings. The number of benzene rings is 2. The van der Waals surface area contributed by atoms with Crippen LogP contribution in [0.4, 0.5) is 10.5 Å². The topological polar surface area (TPSA) is 96.8 Å². The van der Waals surface area contributed by atoms with E-state index in [4.69, 9.17) is 15.5 Å². The van der Waals surface area contributed by atoms with E-state index >= 15 is 0 Å². The first-order chi connectivity index (χ1) is 15.7. The molecule has 2 aromatic carbocycles. The fraction of sp³-hybridized carbons (Fsp3) is 0.417. The van der Waals surface area contributed by atoms with Crippen molar-refractivity contribution in [3.05, 3.63) is 59.4 Å². The number of nitrogens with two attached hydrogens (primary N) is 1. The third kappa shape index (κ3) is 4.48. The molecule has 8 heteroatoms. The van der Waals surface area contributed by atoms with Crippen molar-refractivity contribution in [3.8, 4) is 0 Å². The van der Waals surface area contributed by atoms with Gasteiger partial charge in [0.1, 0.15) is 5.82 Å². The van der Waals surface area contributed by atoms with E-state index in [1.54, 1.807) is 7.11 Å². The SMILES string of the molecule is COCCN1Cc2ccccc2N(Cc2nc3cc(CN)ccc3n2CCCCO)C1=O. The number of hydrogen-bond donors (Lipinski definition) is 2. The first kappa shape index (κ1) is 22.3. The summed E-state index contributed by atoms with van der Waals surface area (Å²) >= 11 is 0. The number of carbonyl (C=O) groups excluding carboxylic acids is 1. The molecule has 1 aliphatic rings. The number of para-hydroxylation sites is 1. The molecular formula is C24H31N5O3. The number of amides is 2. The quantitative estimate of drug-likeness (QED) is 0.476. The van der Waals surface area contributed by atoms with Gasteiger partial charge in [0.05, 0.1) is 29.9 Å².